The summed E-state index contributed by atoms with van der Waals surface area (Å²) in [6.07, 6.45) is 4.69. The molecule has 23 heavy (non-hydrogen) atoms. The highest BCUT2D eigenvalue weighted by molar-refractivity contribution is 6.67. The molecule has 0 saturated heterocycles. The molecule has 0 radical (unpaired) electrons. The molecular formula is C19H19ClO3. The molecule has 0 aliphatic heterocycles. The van der Waals surface area contributed by atoms with Gasteiger partial charge in [-0.15, -0.1) is 0 Å². The lowest BCUT2D eigenvalue weighted by Crippen LogP contribution is -1.98. The number of ether oxygens (including phenoxy) is 2. The van der Waals surface area contributed by atoms with E-state index in [1.807, 2.05) is 42.5 Å². The molecule has 0 fully saturated rings. The van der Waals surface area contributed by atoms with Crippen molar-refractivity contribution < 1.29 is 14.3 Å². The van der Waals surface area contributed by atoms with Crippen molar-refractivity contribution in [3.63, 3.8) is 0 Å². The van der Waals surface area contributed by atoms with Gasteiger partial charge in [0.2, 0.25) is 0 Å². The van der Waals surface area contributed by atoms with E-state index in [1.54, 1.807) is 25.3 Å². The first kappa shape index (κ1) is 17.3. The van der Waals surface area contributed by atoms with E-state index in [0.717, 1.165) is 17.5 Å². The molecule has 0 aromatic heterocycles. The van der Waals surface area contributed by atoms with Crippen LogP contribution in [-0.2, 0) is 11.3 Å². The van der Waals surface area contributed by atoms with Crippen LogP contribution in [0.4, 0.5) is 0 Å². The number of methoxy groups -OCH3 is 1. The molecule has 0 heterocycles. The summed E-state index contributed by atoms with van der Waals surface area (Å²) in [5.41, 5.74) is 2.35. The van der Waals surface area contributed by atoms with Crippen LogP contribution in [0.5, 0.6) is 5.75 Å². The molecule has 0 unspecified atom stereocenters. The number of hydrogen-bond donors (Lipinski definition) is 0. The Morgan fingerprint density at radius 1 is 1.17 bits per heavy atom. The van der Waals surface area contributed by atoms with E-state index in [-0.39, 0.29) is 0 Å². The van der Waals surface area contributed by atoms with Gasteiger partial charge in [-0.1, -0.05) is 42.5 Å². The van der Waals surface area contributed by atoms with E-state index < -0.39 is 5.24 Å². The third-order valence-corrected chi connectivity index (χ3v) is 3.48. The van der Waals surface area contributed by atoms with Gasteiger partial charge in [0.1, 0.15) is 12.4 Å². The second-order valence-electron chi connectivity index (χ2n) is 4.98. The molecule has 3 nitrogen and oxygen atoms in total. The molecule has 2 rings (SSSR count). The highest BCUT2D eigenvalue weighted by Crippen LogP contribution is 2.24. The molecular weight excluding hydrogens is 312 g/mol. The van der Waals surface area contributed by atoms with Crippen molar-refractivity contribution in [1.29, 1.82) is 0 Å². The monoisotopic (exact) mass is 330 g/mol. The molecule has 0 bridgehead atoms. The van der Waals surface area contributed by atoms with Gasteiger partial charge in [-0.25, -0.2) is 0 Å². The maximum atomic E-state index is 11.3. The van der Waals surface area contributed by atoms with Crippen LogP contribution in [0.25, 0.3) is 6.08 Å². The summed E-state index contributed by atoms with van der Waals surface area (Å²) in [6, 6.07) is 15.1. The third-order valence-electron chi connectivity index (χ3n) is 3.26. The maximum absolute atomic E-state index is 11.3. The predicted molar refractivity (Wildman–Crippen MR) is 92.9 cm³/mol. The van der Waals surface area contributed by atoms with Crippen molar-refractivity contribution in [2.75, 3.05) is 13.7 Å². The topological polar surface area (TPSA) is 35.5 Å². The lowest BCUT2D eigenvalue weighted by molar-refractivity contribution is 0.108. The van der Waals surface area contributed by atoms with E-state index in [0.29, 0.717) is 24.5 Å². The molecule has 0 saturated carbocycles. The molecule has 2 aromatic rings. The van der Waals surface area contributed by atoms with Gasteiger partial charge in [0, 0.05) is 24.8 Å². The van der Waals surface area contributed by atoms with Crippen molar-refractivity contribution in [3.8, 4) is 5.75 Å². The molecule has 0 aliphatic rings. The highest BCUT2D eigenvalue weighted by Gasteiger charge is 2.07. The molecule has 2 aromatic carbocycles. The fourth-order valence-electron chi connectivity index (χ4n) is 2.06. The lowest BCUT2D eigenvalue weighted by Gasteiger charge is -2.10. The quantitative estimate of drug-likeness (QED) is 0.520. The van der Waals surface area contributed by atoms with E-state index >= 15 is 0 Å². The van der Waals surface area contributed by atoms with Gasteiger partial charge >= 0.3 is 0 Å². The number of rotatable bonds is 8. The van der Waals surface area contributed by atoms with Crippen LogP contribution in [0.1, 0.15) is 27.9 Å². The Kier molecular flexibility index (Phi) is 6.85. The molecule has 0 aliphatic carbocycles. The Hall–Kier alpha value is -2.10. The average molecular weight is 331 g/mol. The fourth-order valence-corrected chi connectivity index (χ4v) is 2.18. The van der Waals surface area contributed by atoms with Crippen molar-refractivity contribution in [2.45, 2.75) is 13.0 Å². The van der Waals surface area contributed by atoms with Crippen LogP contribution in [0.2, 0.25) is 0 Å². The summed E-state index contributed by atoms with van der Waals surface area (Å²) in [6.45, 7) is 1.11. The zero-order chi connectivity index (χ0) is 16.5. The lowest BCUT2D eigenvalue weighted by atomic mass is 10.1. The number of halogens is 1. The number of carbonyl (C=O) groups is 1. The minimum atomic E-state index is -0.480. The molecule has 0 atom stereocenters. The third kappa shape index (κ3) is 5.55. The summed E-state index contributed by atoms with van der Waals surface area (Å²) in [7, 11) is 1.66. The van der Waals surface area contributed by atoms with Crippen molar-refractivity contribution in [3.05, 3.63) is 71.3 Å². The summed E-state index contributed by atoms with van der Waals surface area (Å²) < 4.78 is 10.9. The summed E-state index contributed by atoms with van der Waals surface area (Å²) in [5.74, 6) is 0.712. The normalized spacial score (nSPS) is 10.9. The Morgan fingerprint density at radius 3 is 2.65 bits per heavy atom. The van der Waals surface area contributed by atoms with E-state index in [9.17, 15) is 4.79 Å². The Balaban J connectivity index is 2.15. The van der Waals surface area contributed by atoms with Crippen LogP contribution in [0.3, 0.4) is 0 Å². The Morgan fingerprint density at radius 2 is 1.96 bits per heavy atom. The van der Waals surface area contributed by atoms with Crippen molar-refractivity contribution in [2.24, 2.45) is 0 Å². The first-order valence-electron chi connectivity index (χ1n) is 7.37. The summed E-state index contributed by atoms with van der Waals surface area (Å²) in [4.78, 5) is 11.3. The molecule has 0 amide bonds. The minimum Gasteiger partial charge on any atom is -0.488 e. The largest absolute Gasteiger partial charge is 0.488 e. The molecule has 0 N–H and O–H groups in total. The van der Waals surface area contributed by atoms with Gasteiger partial charge in [-0.3, -0.25) is 4.79 Å². The summed E-state index contributed by atoms with van der Waals surface area (Å²) in [5, 5.41) is -0.480. The second kappa shape index (κ2) is 9.13. The fraction of sp³-hybridized carbons (Fsp3) is 0.211. The van der Waals surface area contributed by atoms with Gasteiger partial charge in [-0.2, -0.15) is 0 Å². The van der Waals surface area contributed by atoms with Crippen LogP contribution in [-0.4, -0.2) is 19.0 Å². The standard InChI is InChI=1S/C19H19ClO3/c1-22-12-6-5-9-16-13-17(19(20)21)10-11-18(16)23-14-15-7-3-2-4-8-15/h2-5,7-11,13H,6,12,14H2,1H3/b9-5+. The first-order chi connectivity index (χ1) is 11.2. The molecule has 120 valence electrons. The zero-order valence-electron chi connectivity index (χ0n) is 13.0. The van der Waals surface area contributed by atoms with E-state index in [2.05, 4.69) is 0 Å². The Labute approximate surface area is 141 Å². The van der Waals surface area contributed by atoms with Crippen LogP contribution in [0, 0.1) is 0 Å². The molecule has 4 heteroatoms. The number of hydrogen-bond acceptors (Lipinski definition) is 3. The average Bonchev–Trinajstić information content (AvgIpc) is 2.58. The summed E-state index contributed by atoms with van der Waals surface area (Å²) >= 11 is 5.56. The predicted octanol–water partition coefficient (Wildman–Crippen LogP) is 4.69. The number of benzene rings is 2. The van der Waals surface area contributed by atoms with Crippen LogP contribution in [0.15, 0.2) is 54.6 Å². The smallest absolute Gasteiger partial charge is 0.252 e. The minimum absolute atomic E-state index is 0.449. The second-order valence-corrected chi connectivity index (χ2v) is 5.33. The SMILES string of the molecule is COCC/C=C/c1cc(C(=O)Cl)ccc1OCc1ccccc1. The maximum Gasteiger partial charge on any atom is 0.252 e. The van der Waals surface area contributed by atoms with Gasteiger partial charge in [-0.05, 0) is 41.8 Å². The van der Waals surface area contributed by atoms with Gasteiger partial charge in [0.25, 0.3) is 5.24 Å². The van der Waals surface area contributed by atoms with E-state index in [4.69, 9.17) is 21.1 Å². The van der Waals surface area contributed by atoms with Crippen LogP contribution < -0.4 is 4.74 Å². The molecule has 0 spiro atoms. The van der Waals surface area contributed by atoms with E-state index in [1.165, 1.54) is 0 Å². The first-order valence-corrected chi connectivity index (χ1v) is 7.74. The van der Waals surface area contributed by atoms with Gasteiger partial charge < -0.3 is 9.47 Å². The van der Waals surface area contributed by atoms with Crippen molar-refractivity contribution in [1.82, 2.24) is 0 Å². The highest BCUT2D eigenvalue weighted by atomic mass is 35.5. The number of carbonyl (C=O) groups excluding carboxylic acids is 1. The van der Waals surface area contributed by atoms with Gasteiger partial charge in [0.05, 0.1) is 0 Å². The van der Waals surface area contributed by atoms with Crippen molar-refractivity contribution >= 4 is 22.9 Å². The zero-order valence-corrected chi connectivity index (χ0v) is 13.8. The van der Waals surface area contributed by atoms with Crippen LogP contribution >= 0.6 is 11.6 Å². The Bertz CT molecular complexity index is 666. The van der Waals surface area contributed by atoms with Gasteiger partial charge in [0.15, 0.2) is 0 Å².